The van der Waals surface area contributed by atoms with Crippen LogP contribution in [0.25, 0.3) is 0 Å². The van der Waals surface area contributed by atoms with Gasteiger partial charge in [0.1, 0.15) is 10.6 Å². The number of alkyl halides is 2. The Labute approximate surface area is 89.4 Å². The maximum Gasteiger partial charge on any atom is 0.355 e. The Hall–Kier alpha value is -1.51. The molecule has 1 rings (SSSR count). The van der Waals surface area contributed by atoms with E-state index < -0.39 is 38.5 Å². The van der Waals surface area contributed by atoms with Crippen LogP contribution in [0.2, 0.25) is 0 Å². The lowest BCUT2D eigenvalue weighted by Gasteiger charge is -2.00. The average Bonchev–Trinajstić information content (AvgIpc) is 2.41. The minimum absolute atomic E-state index is 0.611. The number of nitrogens with zero attached hydrogens (tertiary/aromatic N) is 2. The van der Waals surface area contributed by atoms with Gasteiger partial charge >= 0.3 is 5.97 Å². The molecule has 9 heteroatoms. The second-order valence-electron chi connectivity index (χ2n) is 3.06. The average molecular weight is 254 g/mol. The van der Waals surface area contributed by atoms with Gasteiger partial charge in [-0.15, -0.1) is 0 Å². The van der Waals surface area contributed by atoms with Crippen LogP contribution in [0.5, 0.6) is 0 Å². The first-order valence-electron chi connectivity index (χ1n) is 3.94. The van der Waals surface area contributed by atoms with E-state index in [1.165, 1.54) is 0 Å². The molecule has 0 atom stereocenters. The third kappa shape index (κ3) is 2.03. The molecule has 1 aromatic rings. The van der Waals surface area contributed by atoms with Crippen molar-refractivity contribution < 1.29 is 27.1 Å². The minimum atomic E-state index is -4.08. The number of aromatic carboxylic acids is 1. The molecular formula is C7H8F2N2O4S. The highest BCUT2D eigenvalue weighted by molar-refractivity contribution is 7.90. The Morgan fingerprint density at radius 1 is 1.50 bits per heavy atom. The highest BCUT2D eigenvalue weighted by Gasteiger charge is 2.32. The lowest BCUT2D eigenvalue weighted by Crippen LogP contribution is -2.11. The first-order valence-corrected chi connectivity index (χ1v) is 5.83. The van der Waals surface area contributed by atoms with Gasteiger partial charge in [-0.05, 0) is 0 Å². The van der Waals surface area contributed by atoms with E-state index in [1.807, 2.05) is 0 Å². The van der Waals surface area contributed by atoms with Crippen LogP contribution in [-0.4, -0.2) is 35.5 Å². The first kappa shape index (κ1) is 12.6. The molecule has 90 valence electrons. The molecule has 1 heterocycles. The summed E-state index contributed by atoms with van der Waals surface area (Å²) in [6, 6.07) is 0. The normalized spacial score (nSPS) is 12.1. The Kier molecular flexibility index (Phi) is 2.99. The van der Waals surface area contributed by atoms with E-state index in [-0.39, 0.29) is 0 Å². The van der Waals surface area contributed by atoms with E-state index in [1.54, 1.807) is 0 Å². The van der Waals surface area contributed by atoms with Crippen LogP contribution in [0.4, 0.5) is 8.78 Å². The van der Waals surface area contributed by atoms with Crippen molar-refractivity contribution in [1.29, 1.82) is 0 Å². The van der Waals surface area contributed by atoms with Crippen LogP contribution in [0, 0.1) is 0 Å². The third-order valence-electron chi connectivity index (χ3n) is 1.81. The van der Waals surface area contributed by atoms with Crippen LogP contribution in [-0.2, 0) is 16.9 Å². The van der Waals surface area contributed by atoms with Crippen LogP contribution < -0.4 is 0 Å². The second-order valence-corrected chi connectivity index (χ2v) is 5.02. The number of carboxylic acids is 1. The predicted molar refractivity (Wildman–Crippen MR) is 48.2 cm³/mol. The number of rotatable bonds is 3. The molecule has 0 aliphatic rings. The van der Waals surface area contributed by atoms with Crippen molar-refractivity contribution in [2.75, 3.05) is 6.26 Å². The van der Waals surface area contributed by atoms with E-state index in [2.05, 4.69) is 5.10 Å². The van der Waals surface area contributed by atoms with E-state index in [4.69, 9.17) is 5.11 Å². The Balaban J connectivity index is 3.70. The summed E-state index contributed by atoms with van der Waals surface area (Å²) in [5.41, 5.74) is -1.81. The number of hydrogen-bond donors (Lipinski definition) is 1. The van der Waals surface area contributed by atoms with E-state index in [0.29, 0.717) is 10.9 Å². The molecule has 6 nitrogen and oxygen atoms in total. The molecular weight excluding hydrogens is 246 g/mol. The molecule has 0 aliphatic carbocycles. The van der Waals surface area contributed by atoms with Gasteiger partial charge in [-0.25, -0.2) is 22.0 Å². The minimum Gasteiger partial charge on any atom is -0.476 e. The zero-order valence-electron chi connectivity index (χ0n) is 8.31. The van der Waals surface area contributed by atoms with Gasteiger partial charge in [-0.1, -0.05) is 0 Å². The summed E-state index contributed by atoms with van der Waals surface area (Å²) in [7, 11) is -2.99. The number of hydrogen-bond acceptors (Lipinski definition) is 4. The molecule has 1 N–H and O–H groups in total. The molecule has 0 unspecified atom stereocenters. The largest absolute Gasteiger partial charge is 0.476 e. The quantitative estimate of drug-likeness (QED) is 0.846. The van der Waals surface area contributed by atoms with Crippen molar-refractivity contribution in [2.45, 2.75) is 11.3 Å². The van der Waals surface area contributed by atoms with E-state index in [9.17, 15) is 22.0 Å². The monoisotopic (exact) mass is 254 g/mol. The zero-order chi connectivity index (χ0) is 12.7. The van der Waals surface area contributed by atoms with Crippen LogP contribution >= 0.6 is 0 Å². The number of aromatic nitrogens is 2. The molecule has 1 aromatic heterocycles. The molecule has 0 amide bonds. The van der Waals surface area contributed by atoms with Gasteiger partial charge in [0.15, 0.2) is 15.5 Å². The summed E-state index contributed by atoms with van der Waals surface area (Å²) in [5, 5.41) is 11.9. The second kappa shape index (κ2) is 3.81. The fourth-order valence-electron chi connectivity index (χ4n) is 1.27. The van der Waals surface area contributed by atoms with Crippen LogP contribution in [0.15, 0.2) is 4.90 Å². The molecule has 0 saturated carbocycles. The van der Waals surface area contributed by atoms with Gasteiger partial charge in [0.05, 0.1) is 0 Å². The molecule has 0 saturated heterocycles. The van der Waals surface area contributed by atoms with Gasteiger partial charge in [-0.3, -0.25) is 4.68 Å². The molecule has 0 spiro atoms. The molecule has 0 bridgehead atoms. The molecule has 0 fully saturated rings. The van der Waals surface area contributed by atoms with Crippen molar-refractivity contribution in [1.82, 2.24) is 9.78 Å². The summed E-state index contributed by atoms with van der Waals surface area (Å²) in [4.78, 5) is 9.82. The lowest BCUT2D eigenvalue weighted by atomic mass is 10.3. The van der Waals surface area contributed by atoms with Gasteiger partial charge in [-0.2, -0.15) is 5.10 Å². The maximum atomic E-state index is 12.5. The Bertz CT molecular complexity index is 535. The smallest absolute Gasteiger partial charge is 0.355 e. The number of halogens is 2. The van der Waals surface area contributed by atoms with Crippen molar-refractivity contribution in [3.8, 4) is 0 Å². The number of carbonyl (C=O) groups is 1. The number of aryl methyl sites for hydroxylation is 1. The highest BCUT2D eigenvalue weighted by atomic mass is 32.2. The predicted octanol–water partition coefficient (Wildman–Crippen LogP) is 0.459. The SMILES string of the molecule is Cn1nc(C(F)F)c(S(C)(=O)=O)c1C(=O)O. The van der Waals surface area contributed by atoms with Gasteiger partial charge < -0.3 is 5.11 Å². The van der Waals surface area contributed by atoms with Crippen LogP contribution in [0.1, 0.15) is 22.6 Å². The summed E-state index contributed by atoms with van der Waals surface area (Å²) in [5.74, 6) is -1.62. The highest BCUT2D eigenvalue weighted by Crippen LogP contribution is 2.28. The summed E-state index contributed by atoms with van der Waals surface area (Å²) in [6.07, 6.45) is -2.49. The summed E-state index contributed by atoms with van der Waals surface area (Å²) in [6.45, 7) is 0. The topological polar surface area (TPSA) is 89.3 Å². The zero-order valence-corrected chi connectivity index (χ0v) is 9.12. The number of sulfone groups is 1. The van der Waals surface area contributed by atoms with Gasteiger partial charge in [0.25, 0.3) is 6.43 Å². The van der Waals surface area contributed by atoms with Crippen molar-refractivity contribution in [2.24, 2.45) is 7.05 Å². The first-order chi connectivity index (χ1) is 7.16. The molecule has 0 aliphatic heterocycles. The van der Waals surface area contributed by atoms with E-state index >= 15 is 0 Å². The summed E-state index contributed by atoms with van der Waals surface area (Å²) < 4.78 is 48.1. The molecule has 0 radical (unpaired) electrons. The van der Waals surface area contributed by atoms with Crippen LogP contribution in [0.3, 0.4) is 0 Å². The van der Waals surface area contributed by atoms with Crippen molar-refractivity contribution >= 4 is 15.8 Å². The van der Waals surface area contributed by atoms with Crippen molar-refractivity contribution in [3.63, 3.8) is 0 Å². The van der Waals surface area contributed by atoms with E-state index in [0.717, 1.165) is 7.05 Å². The van der Waals surface area contributed by atoms with Crippen molar-refractivity contribution in [3.05, 3.63) is 11.4 Å². The van der Waals surface area contributed by atoms with Gasteiger partial charge in [0.2, 0.25) is 0 Å². The Morgan fingerprint density at radius 2 is 2.00 bits per heavy atom. The lowest BCUT2D eigenvalue weighted by molar-refractivity contribution is 0.0680. The number of carboxylic acid groups (broad SMARTS) is 1. The third-order valence-corrected chi connectivity index (χ3v) is 2.95. The summed E-state index contributed by atoms with van der Waals surface area (Å²) >= 11 is 0. The fraction of sp³-hybridized carbons (Fsp3) is 0.429. The standard InChI is InChI=1S/C7H8F2N2O4S/c1-11-4(7(12)13)5(16(2,14)15)3(10-11)6(8)9/h6H,1-2H3,(H,12,13). The molecule has 16 heavy (non-hydrogen) atoms. The van der Waals surface area contributed by atoms with Gasteiger partial charge in [0, 0.05) is 13.3 Å². The molecule has 0 aromatic carbocycles. The fourth-order valence-corrected chi connectivity index (χ4v) is 2.35. The maximum absolute atomic E-state index is 12.5. The Morgan fingerprint density at radius 3 is 2.31 bits per heavy atom.